The molecule has 3 heterocycles. The first kappa shape index (κ1) is 24.8. The van der Waals surface area contributed by atoms with Crippen LogP contribution in [-0.2, 0) is 6.42 Å². The molecule has 0 saturated heterocycles. The third kappa shape index (κ3) is 5.42. The van der Waals surface area contributed by atoms with Crippen molar-refractivity contribution in [3.8, 4) is 11.3 Å². The molecule has 2 aromatic carbocycles. The number of anilines is 1. The SMILES string of the molecule is CCc1ccc(-c2ncccc2C(=O)Nc2ccc3cc(C(=O)N[C@H](C)c4ccccn4)cnc3c2)cc1. The lowest BCUT2D eigenvalue weighted by Crippen LogP contribution is -2.27. The van der Waals surface area contributed by atoms with E-state index in [2.05, 4.69) is 44.6 Å². The van der Waals surface area contributed by atoms with Gasteiger partial charge in [-0.2, -0.15) is 0 Å². The molecule has 0 fully saturated rings. The van der Waals surface area contributed by atoms with E-state index in [-0.39, 0.29) is 17.9 Å². The largest absolute Gasteiger partial charge is 0.344 e. The number of amides is 2. The van der Waals surface area contributed by atoms with E-state index in [0.29, 0.717) is 28.0 Å². The van der Waals surface area contributed by atoms with E-state index >= 15 is 0 Å². The first-order chi connectivity index (χ1) is 18.5. The highest BCUT2D eigenvalue weighted by Gasteiger charge is 2.16. The zero-order chi connectivity index (χ0) is 26.5. The second kappa shape index (κ2) is 11.0. The molecule has 38 heavy (non-hydrogen) atoms. The maximum atomic E-state index is 13.2. The summed E-state index contributed by atoms with van der Waals surface area (Å²) in [5.41, 5.74) is 5.72. The number of rotatable bonds is 7. The van der Waals surface area contributed by atoms with Gasteiger partial charge in [0.25, 0.3) is 11.8 Å². The van der Waals surface area contributed by atoms with Crippen molar-refractivity contribution in [3.63, 3.8) is 0 Å². The maximum Gasteiger partial charge on any atom is 0.257 e. The number of carbonyl (C=O) groups is 2. The van der Waals surface area contributed by atoms with Crippen molar-refractivity contribution in [2.75, 3.05) is 5.32 Å². The maximum absolute atomic E-state index is 13.2. The first-order valence-corrected chi connectivity index (χ1v) is 12.5. The summed E-state index contributed by atoms with van der Waals surface area (Å²) in [5.74, 6) is -0.488. The van der Waals surface area contributed by atoms with Crippen LogP contribution in [0.2, 0.25) is 0 Å². The number of pyridine rings is 3. The Morgan fingerprint density at radius 2 is 1.66 bits per heavy atom. The van der Waals surface area contributed by atoms with Crippen LogP contribution in [0.5, 0.6) is 0 Å². The summed E-state index contributed by atoms with van der Waals surface area (Å²) in [6, 6.07) is 24.2. The number of nitrogens with zero attached hydrogens (tertiary/aromatic N) is 3. The molecule has 188 valence electrons. The average Bonchev–Trinajstić information content (AvgIpc) is 2.97. The fourth-order valence-corrected chi connectivity index (χ4v) is 4.22. The molecule has 1 atom stereocenters. The zero-order valence-corrected chi connectivity index (χ0v) is 21.2. The van der Waals surface area contributed by atoms with Crippen molar-refractivity contribution in [1.82, 2.24) is 20.3 Å². The molecular formula is C31H27N5O2. The fraction of sp³-hybridized carbons (Fsp3) is 0.129. The Morgan fingerprint density at radius 3 is 2.42 bits per heavy atom. The monoisotopic (exact) mass is 501 g/mol. The van der Waals surface area contributed by atoms with Gasteiger partial charge in [0.05, 0.1) is 34.1 Å². The minimum Gasteiger partial charge on any atom is -0.344 e. The quantitative estimate of drug-likeness (QED) is 0.285. The highest BCUT2D eigenvalue weighted by molar-refractivity contribution is 6.08. The fourth-order valence-electron chi connectivity index (χ4n) is 4.22. The minimum absolute atomic E-state index is 0.231. The predicted molar refractivity (Wildman–Crippen MR) is 149 cm³/mol. The molecule has 7 nitrogen and oxygen atoms in total. The van der Waals surface area contributed by atoms with Crippen molar-refractivity contribution < 1.29 is 9.59 Å². The molecule has 5 rings (SSSR count). The summed E-state index contributed by atoms with van der Waals surface area (Å²) in [7, 11) is 0. The van der Waals surface area contributed by atoms with Crippen molar-refractivity contribution in [2.45, 2.75) is 26.3 Å². The van der Waals surface area contributed by atoms with E-state index in [4.69, 9.17) is 0 Å². The van der Waals surface area contributed by atoms with Crippen LogP contribution in [0.1, 0.15) is 51.9 Å². The second-order valence-corrected chi connectivity index (χ2v) is 8.99. The van der Waals surface area contributed by atoms with Gasteiger partial charge < -0.3 is 10.6 Å². The molecule has 0 radical (unpaired) electrons. The summed E-state index contributed by atoms with van der Waals surface area (Å²) in [6.45, 7) is 3.99. The number of hydrogen-bond acceptors (Lipinski definition) is 5. The van der Waals surface area contributed by atoms with Gasteiger partial charge in [-0.25, -0.2) is 0 Å². The molecule has 2 N–H and O–H groups in total. The second-order valence-electron chi connectivity index (χ2n) is 8.99. The van der Waals surface area contributed by atoms with E-state index in [1.165, 1.54) is 11.8 Å². The molecule has 5 aromatic rings. The van der Waals surface area contributed by atoms with Gasteiger partial charge in [-0.05, 0) is 61.4 Å². The summed E-state index contributed by atoms with van der Waals surface area (Å²) in [4.78, 5) is 39.2. The number of fused-ring (bicyclic) bond motifs is 1. The predicted octanol–water partition coefficient (Wildman–Crippen LogP) is 6.00. The molecule has 0 saturated carbocycles. The van der Waals surface area contributed by atoms with Gasteiger partial charge >= 0.3 is 0 Å². The van der Waals surface area contributed by atoms with Crippen molar-refractivity contribution >= 4 is 28.4 Å². The molecule has 0 aliphatic rings. The number of benzene rings is 2. The molecule has 3 aromatic heterocycles. The Balaban J connectivity index is 1.32. The lowest BCUT2D eigenvalue weighted by molar-refractivity contribution is 0.0938. The van der Waals surface area contributed by atoms with Gasteiger partial charge in [0, 0.05) is 35.2 Å². The van der Waals surface area contributed by atoms with Crippen LogP contribution in [0.3, 0.4) is 0 Å². The third-order valence-electron chi connectivity index (χ3n) is 6.37. The lowest BCUT2D eigenvalue weighted by Gasteiger charge is -2.13. The highest BCUT2D eigenvalue weighted by Crippen LogP contribution is 2.24. The molecule has 0 aliphatic carbocycles. The van der Waals surface area contributed by atoms with Gasteiger partial charge in [0.1, 0.15) is 0 Å². The van der Waals surface area contributed by atoms with Gasteiger partial charge in [0.15, 0.2) is 0 Å². The summed E-state index contributed by atoms with van der Waals surface area (Å²) >= 11 is 0. The molecule has 0 aliphatic heterocycles. The van der Waals surface area contributed by atoms with Crippen LogP contribution in [0.4, 0.5) is 5.69 Å². The molecule has 0 spiro atoms. The van der Waals surface area contributed by atoms with Crippen LogP contribution >= 0.6 is 0 Å². The molecule has 0 unspecified atom stereocenters. The smallest absolute Gasteiger partial charge is 0.257 e. The van der Waals surface area contributed by atoms with Crippen molar-refractivity contribution in [3.05, 3.63) is 120 Å². The Kier molecular flexibility index (Phi) is 7.17. The first-order valence-electron chi connectivity index (χ1n) is 12.5. The summed E-state index contributed by atoms with van der Waals surface area (Å²) in [6.07, 6.45) is 5.87. The van der Waals surface area contributed by atoms with E-state index in [1.54, 1.807) is 42.7 Å². The van der Waals surface area contributed by atoms with Crippen molar-refractivity contribution in [2.24, 2.45) is 0 Å². The Labute approximate surface area is 221 Å². The number of nitrogens with one attached hydrogen (secondary N) is 2. The Bertz CT molecular complexity index is 1600. The van der Waals surface area contributed by atoms with Crippen LogP contribution in [0.25, 0.3) is 22.2 Å². The molecule has 2 amide bonds. The number of aromatic nitrogens is 3. The van der Waals surface area contributed by atoms with Crippen molar-refractivity contribution in [1.29, 1.82) is 0 Å². The minimum atomic E-state index is -0.258. The van der Waals surface area contributed by atoms with E-state index < -0.39 is 0 Å². The van der Waals surface area contributed by atoms with Crippen LogP contribution in [0, 0.1) is 0 Å². The standard InChI is InChI=1S/C31H27N5O2/c1-3-21-9-11-22(12-10-21)29-26(7-6-16-33-29)31(38)36-25-14-13-23-17-24(19-34-28(23)18-25)30(37)35-20(2)27-8-4-5-15-32-27/h4-20H,3H2,1-2H3,(H,35,37)(H,36,38)/t20-/m1/s1. The van der Waals surface area contributed by atoms with E-state index in [9.17, 15) is 9.59 Å². The van der Waals surface area contributed by atoms with E-state index in [0.717, 1.165) is 23.1 Å². The topological polar surface area (TPSA) is 96.9 Å². The average molecular weight is 502 g/mol. The molecule has 7 heteroatoms. The third-order valence-corrected chi connectivity index (χ3v) is 6.37. The number of carbonyl (C=O) groups excluding carboxylic acids is 2. The van der Waals surface area contributed by atoms with Crippen LogP contribution in [0.15, 0.2) is 97.5 Å². The number of aryl methyl sites for hydroxylation is 1. The number of hydrogen-bond donors (Lipinski definition) is 2. The zero-order valence-electron chi connectivity index (χ0n) is 21.2. The normalized spacial score (nSPS) is 11.6. The van der Waals surface area contributed by atoms with Gasteiger partial charge in [-0.15, -0.1) is 0 Å². The van der Waals surface area contributed by atoms with Crippen LogP contribution in [-0.4, -0.2) is 26.8 Å². The molecular weight excluding hydrogens is 474 g/mol. The molecule has 0 bridgehead atoms. The van der Waals surface area contributed by atoms with Gasteiger partial charge in [0.2, 0.25) is 0 Å². The van der Waals surface area contributed by atoms with Gasteiger partial charge in [-0.3, -0.25) is 24.5 Å². The summed E-state index contributed by atoms with van der Waals surface area (Å²) in [5, 5.41) is 6.70. The van der Waals surface area contributed by atoms with E-state index in [1.807, 2.05) is 43.3 Å². The highest BCUT2D eigenvalue weighted by atomic mass is 16.2. The lowest BCUT2D eigenvalue weighted by atomic mass is 10.0. The van der Waals surface area contributed by atoms with Crippen LogP contribution < -0.4 is 10.6 Å². The summed E-state index contributed by atoms with van der Waals surface area (Å²) < 4.78 is 0. The Hall–Kier alpha value is -4.91. The Morgan fingerprint density at radius 1 is 0.842 bits per heavy atom. The van der Waals surface area contributed by atoms with Gasteiger partial charge in [-0.1, -0.05) is 43.3 Å².